The molecule has 0 spiro atoms. The molecule has 1 aliphatic heterocycles. The summed E-state index contributed by atoms with van der Waals surface area (Å²) in [6.45, 7) is 0.900. The lowest BCUT2D eigenvalue weighted by Gasteiger charge is -2.20. The van der Waals surface area contributed by atoms with Gasteiger partial charge < -0.3 is 16.2 Å². The summed E-state index contributed by atoms with van der Waals surface area (Å²) < 4.78 is 13.0. The third-order valence-electron chi connectivity index (χ3n) is 2.85. The van der Waals surface area contributed by atoms with Crippen LogP contribution in [0.25, 0.3) is 0 Å². The van der Waals surface area contributed by atoms with Gasteiger partial charge in [0, 0.05) is 17.3 Å². The van der Waals surface area contributed by atoms with Crippen molar-refractivity contribution in [3.63, 3.8) is 0 Å². The van der Waals surface area contributed by atoms with Gasteiger partial charge in [-0.2, -0.15) is 0 Å². The Labute approximate surface area is 88.1 Å². The quantitative estimate of drug-likeness (QED) is 0.643. The van der Waals surface area contributed by atoms with Crippen LogP contribution in [0.1, 0.15) is 24.5 Å². The number of nitrogen functional groups attached to an aromatic ring is 1. The van der Waals surface area contributed by atoms with E-state index in [0.29, 0.717) is 11.3 Å². The fraction of sp³-hybridized carbons (Fsp3) is 0.455. The predicted octanol–water partition coefficient (Wildman–Crippen LogP) is 1.19. The minimum atomic E-state index is -0.719. The summed E-state index contributed by atoms with van der Waals surface area (Å²) in [6.07, 6.45) is 1.22. The first-order chi connectivity index (χ1) is 7.18. The molecular weight excluding hydrogens is 195 g/mol. The topological polar surface area (TPSA) is 58.3 Å². The molecule has 0 radical (unpaired) electrons. The molecule has 0 aromatic heterocycles. The third-order valence-corrected chi connectivity index (χ3v) is 2.85. The standard InChI is InChI=1S/C11H15FN2O/c12-7-3-4-9(13)8(6-7)11(15)10-2-1-5-14-10/h3-4,6,10-11,14-15H,1-2,5,13H2. The van der Waals surface area contributed by atoms with Gasteiger partial charge in [-0.1, -0.05) is 0 Å². The second-order valence-corrected chi connectivity index (χ2v) is 3.92. The molecule has 2 atom stereocenters. The zero-order chi connectivity index (χ0) is 10.8. The molecule has 15 heavy (non-hydrogen) atoms. The molecule has 1 fully saturated rings. The number of rotatable bonds is 2. The lowest BCUT2D eigenvalue weighted by molar-refractivity contribution is 0.138. The Kier molecular flexibility index (Phi) is 2.88. The fourth-order valence-electron chi connectivity index (χ4n) is 2.00. The van der Waals surface area contributed by atoms with E-state index in [0.717, 1.165) is 19.4 Å². The van der Waals surface area contributed by atoms with E-state index in [1.165, 1.54) is 18.2 Å². The summed E-state index contributed by atoms with van der Waals surface area (Å²) in [4.78, 5) is 0. The van der Waals surface area contributed by atoms with Crippen molar-refractivity contribution in [2.75, 3.05) is 12.3 Å². The van der Waals surface area contributed by atoms with Crippen LogP contribution in [0.4, 0.5) is 10.1 Å². The van der Waals surface area contributed by atoms with Crippen molar-refractivity contribution in [3.05, 3.63) is 29.6 Å². The summed E-state index contributed by atoms with van der Waals surface area (Å²) in [6, 6.07) is 4.09. The number of nitrogens with two attached hydrogens (primary N) is 1. The van der Waals surface area contributed by atoms with Gasteiger partial charge in [0.1, 0.15) is 5.82 Å². The van der Waals surface area contributed by atoms with Crippen molar-refractivity contribution in [2.24, 2.45) is 0 Å². The predicted molar refractivity (Wildman–Crippen MR) is 56.8 cm³/mol. The van der Waals surface area contributed by atoms with Crippen LogP contribution in [0.15, 0.2) is 18.2 Å². The number of hydrogen-bond donors (Lipinski definition) is 3. The van der Waals surface area contributed by atoms with Gasteiger partial charge in [-0.3, -0.25) is 0 Å². The van der Waals surface area contributed by atoms with E-state index in [9.17, 15) is 9.50 Å². The number of aliphatic hydroxyl groups is 1. The first-order valence-electron chi connectivity index (χ1n) is 5.15. The van der Waals surface area contributed by atoms with Crippen LogP contribution in [0.3, 0.4) is 0 Å². The van der Waals surface area contributed by atoms with Crippen molar-refractivity contribution >= 4 is 5.69 Å². The number of benzene rings is 1. The van der Waals surface area contributed by atoms with E-state index in [1.807, 2.05) is 0 Å². The summed E-state index contributed by atoms with van der Waals surface area (Å²) in [5, 5.41) is 13.2. The van der Waals surface area contributed by atoms with Gasteiger partial charge in [0.05, 0.1) is 6.10 Å². The molecule has 1 aliphatic rings. The average molecular weight is 210 g/mol. The highest BCUT2D eigenvalue weighted by atomic mass is 19.1. The van der Waals surface area contributed by atoms with Crippen molar-refractivity contribution in [1.82, 2.24) is 5.32 Å². The molecule has 4 heteroatoms. The third kappa shape index (κ3) is 2.11. The smallest absolute Gasteiger partial charge is 0.123 e. The van der Waals surface area contributed by atoms with Gasteiger partial charge in [-0.25, -0.2) is 4.39 Å². The second kappa shape index (κ2) is 4.16. The largest absolute Gasteiger partial charge is 0.398 e. The van der Waals surface area contributed by atoms with E-state index < -0.39 is 6.10 Å². The molecule has 0 bridgehead atoms. The Morgan fingerprint density at radius 1 is 1.53 bits per heavy atom. The van der Waals surface area contributed by atoms with E-state index >= 15 is 0 Å². The molecule has 0 amide bonds. The Bertz CT molecular complexity index is 350. The van der Waals surface area contributed by atoms with Crippen molar-refractivity contribution in [2.45, 2.75) is 25.0 Å². The van der Waals surface area contributed by atoms with Gasteiger partial charge >= 0.3 is 0 Å². The molecule has 3 nitrogen and oxygen atoms in total. The molecule has 2 unspecified atom stereocenters. The SMILES string of the molecule is Nc1ccc(F)cc1C(O)C1CCCN1. The van der Waals surface area contributed by atoms with Gasteiger partial charge in [0.25, 0.3) is 0 Å². The minimum Gasteiger partial charge on any atom is -0.398 e. The normalized spacial score (nSPS) is 22.9. The van der Waals surface area contributed by atoms with Crippen LogP contribution in [-0.4, -0.2) is 17.7 Å². The highest BCUT2D eigenvalue weighted by molar-refractivity contribution is 5.48. The summed E-state index contributed by atoms with van der Waals surface area (Å²) in [5.41, 5.74) is 6.63. The molecule has 4 N–H and O–H groups in total. The van der Waals surface area contributed by atoms with Crippen LogP contribution < -0.4 is 11.1 Å². The van der Waals surface area contributed by atoms with E-state index in [2.05, 4.69) is 5.32 Å². The zero-order valence-electron chi connectivity index (χ0n) is 8.41. The highest BCUT2D eigenvalue weighted by Gasteiger charge is 2.25. The number of nitrogens with one attached hydrogen (secondary N) is 1. The van der Waals surface area contributed by atoms with Crippen molar-refractivity contribution < 1.29 is 9.50 Å². The van der Waals surface area contributed by atoms with E-state index in [1.54, 1.807) is 0 Å². The fourth-order valence-corrected chi connectivity index (χ4v) is 2.00. The number of halogens is 1. The molecule has 82 valence electrons. The zero-order valence-corrected chi connectivity index (χ0v) is 8.41. The number of anilines is 1. The van der Waals surface area contributed by atoms with Crippen LogP contribution in [0, 0.1) is 5.82 Å². The molecule has 1 aromatic rings. The Morgan fingerprint density at radius 3 is 3.00 bits per heavy atom. The molecular formula is C11H15FN2O. The maximum Gasteiger partial charge on any atom is 0.123 e. The van der Waals surface area contributed by atoms with Crippen molar-refractivity contribution in [3.8, 4) is 0 Å². The summed E-state index contributed by atoms with van der Waals surface area (Å²) in [7, 11) is 0. The van der Waals surface area contributed by atoms with Gasteiger partial charge in [-0.05, 0) is 37.6 Å². The van der Waals surface area contributed by atoms with E-state index in [4.69, 9.17) is 5.73 Å². The second-order valence-electron chi connectivity index (χ2n) is 3.92. The Hall–Kier alpha value is -1.13. The van der Waals surface area contributed by atoms with Crippen LogP contribution in [0.5, 0.6) is 0 Å². The molecule has 1 heterocycles. The highest BCUT2D eigenvalue weighted by Crippen LogP contribution is 2.27. The average Bonchev–Trinajstić information content (AvgIpc) is 2.74. The Morgan fingerprint density at radius 2 is 2.33 bits per heavy atom. The maximum absolute atomic E-state index is 13.0. The molecule has 2 rings (SSSR count). The van der Waals surface area contributed by atoms with Crippen LogP contribution in [-0.2, 0) is 0 Å². The monoisotopic (exact) mass is 210 g/mol. The van der Waals surface area contributed by atoms with Gasteiger partial charge in [-0.15, -0.1) is 0 Å². The van der Waals surface area contributed by atoms with Crippen LogP contribution >= 0.6 is 0 Å². The van der Waals surface area contributed by atoms with Gasteiger partial charge in [0.2, 0.25) is 0 Å². The van der Waals surface area contributed by atoms with Gasteiger partial charge in [0.15, 0.2) is 0 Å². The molecule has 1 saturated heterocycles. The first kappa shape index (κ1) is 10.4. The lowest BCUT2D eigenvalue weighted by atomic mass is 9.99. The maximum atomic E-state index is 13.0. The summed E-state index contributed by atoms with van der Waals surface area (Å²) >= 11 is 0. The Balaban J connectivity index is 2.23. The number of aliphatic hydroxyl groups excluding tert-OH is 1. The van der Waals surface area contributed by atoms with Crippen molar-refractivity contribution in [1.29, 1.82) is 0 Å². The first-order valence-corrected chi connectivity index (χ1v) is 5.15. The summed E-state index contributed by atoms with van der Waals surface area (Å²) in [5.74, 6) is -0.365. The molecule has 1 aromatic carbocycles. The minimum absolute atomic E-state index is 0.00546. The molecule has 0 aliphatic carbocycles. The lowest BCUT2D eigenvalue weighted by Crippen LogP contribution is -2.29. The van der Waals surface area contributed by atoms with Crippen LogP contribution in [0.2, 0.25) is 0 Å². The molecule has 0 saturated carbocycles. The number of hydrogen-bond acceptors (Lipinski definition) is 3. The van der Waals surface area contributed by atoms with E-state index in [-0.39, 0.29) is 11.9 Å².